The fourth-order valence-electron chi connectivity index (χ4n) is 2.44. The lowest BCUT2D eigenvalue weighted by Gasteiger charge is -2.12. The van der Waals surface area contributed by atoms with E-state index in [2.05, 4.69) is 10.4 Å². The van der Waals surface area contributed by atoms with E-state index in [0.717, 1.165) is 6.07 Å². The number of halogens is 4. The number of rotatable bonds is 3. The van der Waals surface area contributed by atoms with Gasteiger partial charge < -0.3 is 5.32 Å². The molecule has 134 valence electrons. The Balaban J connectivity index is 1.77. The summed E-state index contributed by atoms with van der Waals surface area (Å²) in [6.45, 7) is 1.32. The maximum absolute atomic E-state index is 12.9. The number of amides is 1. The van der Waals surface area contributed by atoms with Crippen molar-refractivity contribution in [2.24, 2.45) is 0 Å². The number of aryl methyl sites for hydroxylation is 1. The molecule has 0 fully saturated rings. The molecule has 1 N–H and O–H groups in total. The van der Waals surface area contributed by atoms with E-state index in [9.17, 15) is 22.4 Å². The number of hydrogen-bond acceptors (Lipinski definition) is 2. The van der Waals surface area contributed by atoms with Crippen molar-refractivity contribution in [1.82, 2.24) is 9.78 Å². The fraction of sp³-hybridized carbons (Fsp3) is 0.111. The molecule has 1 heterocycles. The molecular formula is C18H13F4N3O. The van der Waals surface area contributed by atoms with Crippen LogP contribution in [0.5, 0.6) is 0 Å². The summed E-state index contributed by atoms with van der Waals surface area (Å²) in [5.41, 5.74) is 0.128. The highest BCUT2D eigenvalue weighted by Gasteiger charge is 2.32. The molecule has 0 aliphatic heterocycles. The maximum Gasteiger partial charge on any atom is 0.416 e. The van der Waals surface area contributed by atoms with Crippen LogP contribution in [0.3, 0.4) is 0 Å². The maximum atomic E-state index is 12.9. The molecule has 0 atom stereocenters. The van der Waals surface area contributed by atoms with Gasteiger partial charge in [0.05, 0.1) is 11.3 Å². The standard InChI is InChI=1S/C18H13F4N3O/c1-11-10-13(4-7-15(11)18(20,21)22)23-17(26)16-8-9-25(24-16)14-5-2-12(19)3-6-14/h2-10H,1H3,(H,23,26). The summed E-state index contributed by atoms with van der Waals surface area (Å²) < 4.78 is 52.7. The van der Waals surface area contributed by atoms with Gasteiger partial charge in [0.25, 0.3) is 5.91 Å². The Morgan fingerprint density at radius 2 is 1.77 bits per heavy atom. The van der Waals surface area contributed by atoms with Gasteiger partial charge in [-0.1, -0.05) is 0 Å². The summed E-state index contributed by atoms with van der Waals surface area (Å²) in [5, 5.41) is 6.60. The van der Waals surface area contributed by atoms with E-state index in [4.69, 9.17) is 0 Å². The highest BCUT2D eigenvalue weighted by molar-refractivity contribution is 6.02. The molecule has 3 aromatic rings. The van der Waals surface area contributed by atoms with E-state index < -0.39 is 23.5 Å². The number of carbonyl (C=O) groups excluding carboxylic acids is 1. The van der Waals surface area contributed by atoms with Gasteiger partial charge in [-0.05, 0) is 61.0 Å². The molecule has 1 aromatic heterocycles. The molecule has 26 heavy (non-hydrogen) atoms. The van der Waals surface area contributed by atoms with Crippen LogP contribution in [0.2, 0.25) is 0 Å². The average molecular weight is 363 g/mol. The van der Waals surface area contributed by atoms with E-state index in [-0.39, 0.29) is 16.9 Å². The van der Waals surface area contributed by atoms with Crippen molar-refractivity contribution in [2.45, 2.75) is 13.1 Å². The van der Waals surface area contributed by atoms with Crippen molar-refractivity contribution in [1.29, 1.82) is 0 Å². The van der Waals surface area contributed by atoms with Gasteiger partial charge in [0.1, 0.15) is 5.82 Å². The minimum absolute atomic E-state index is 0.00661. The molecule has 0 unspecified atom stereocenters. The Hall–Kier alpha value is -3.16. The highest BCUT2D eigenvalue weighted by atomic mass is 19.4. The Labute approximate surface area is 146 Å². The first-order valence-corrected chi connectivity index (χ1v) is 7.55. The molecule has 3 rings (SSSR count). The molecule has 4 nitrogen and oxygen atoms in total. The Kier molecular flexibility index (Phi) is 4.50. The molecule has 0 aliphatic carbocycles. The normalized spacial score (nSPS) is 11.4. The summed E-state index contributed by atoms with van der Waals surface area (Å²) in [6.07, 6.45) is -2.92. The van der Waals surface area contributed by atoms with E-state index in [0.29, 0.717) is 5.69 Å². The van der Waals surface area contributed by atoms with Gasteiger partial charge in [-0.15, -0.1) is 0 Å². The summed E-state index contributed by atoms with van der Waals surface area (Å²) in [6, 6.07) is 10.3. The molecule has 0 aliphatic rings. The molecule has 0 radical (unpaired) electrons. The molecule has 8 heteroatoms. The van der Waals surface area contributed by atoms with Crippen molar-refractivity contribution in [3.8, 4) is 5.69 Å². The zero-order valence-corrected chi connectivity index (χ0v) is 13.5. The SMILES string of the molecule is Cc1cc(NC(=O)c2ccn(-c3ccc(F)cc3)n2)ccc1C(F)(F)F. The van der Waals surface area contributed by atoms with Gasteiger partial charge >= 0.3 is 6.18 Å². The van der Waals surface area contributed by atoms with E-state index >= 15 is 0 Å². The molecular weight excluding hydrogens is 350 g/mol. The zero-order valence-electron chi connectivity index (χ0n) is 13.5. The smallest absolute Gasteiger partial charge is 0.321 e. The van der Waals surface area contributed by atoms with Gasteiger partial charge in [-0.25, -0.2) is 9.07 Å². The summed E-state index contributed by atoms with van der Waals surface area (Å²) in [5.74, 6) is -0.957. The molecule has 2 aromatic carbocycles. The topological polar surface area (TPSA) is 46.9 Å². The average Bonchev–Trinajstić information content (AvgIpc) is 3.04. The largest absolute Gasteiger partial charge is 0.416 e. The van der Waals surface area contributed by atoms with Crippen LogP contribution in [-0.2, 0) is 6.18 Å². The van der Waals surface area contributed by atoms with Gasteiger partial charge in [-0.2, -0.15) is 18.3 Å². The first-order valence-electron chi connectivity index (χ1n) is 7.55. The van der Waals surface area contributed by atoms with Crippen LogP contribution >= 0.6 is 0 Å². The summed E-state index contributed by atoms with van der Waals surface area (Å²) in [4.78, 5) is 12.2. The minimum Gasteiger partial charge on any atom is -0.321 e. The van der Waals surface area contributed by atoms with Crippen molar-refractivity contribution >= 4 is 11.6 Å². The van der Waals surface area contributed by atoms with Gasteiger partial charge in [0.15, 0.2) is 5.69 Å². The molecule has 0 saturated heterocycles. The van der Waals surface area contributed by atoms with Gasteiger partial charge in [0, 0.05) is 11.9 Å². The number of alkyl halides is 3. The summed E-state index contributed by atoms with van der Waals surface area (Å²) in [7, 11) is 0. The van der Waals surface area contributed by atoms with E-state index in [1.165, 1.54) is 60.3 Å². The predicted molar refractivity (Wildman–Crippen MR) is 87.7 cm³/mol. The van der Waals surface area contributed by atoms with Crippen LogP contribution < -0.4 is 5.32 Å². The lowest BCUT2D eigenvalue weighted by molar-refractivity contribution is -0.138. The quantitative estimate of drug-likeness (QED) is 0.692. The van der Waals surface area contributed by atoms with Crippen LogP contribution in [0.1, 0.15) is 21.6 Å². The molecule has 0 spiro atoms. The van der Waals surface area contributed by atoms with E-state index in [1.54, 1.807) is 0 Å². The fourth-order valence-corrected chi connectivity index (χ4v) is 2.44. The number of anilines is 1. The number of nitrogens with one attached hydrogen (secondary N) is 1. The van der Waals surface area contributed by atoms with E-state index in [1.807, 2.05) is 0 Å². The number of hydrogen-bond donors (Lipinski definition) is 1. The summed E-state index contributed by atoms with van der Waals surface area (Å²) >= 11 is 0. The third-order valence-electron chi connectivity index (χ3n) is 3.70. The third kappa shape index (κ3) is 3.74. The Morgan fingerprint density at radius 3 is 2.38 bits per heavy atom. The number of nitrogens with zero attached hydrogens (tertiary/aromatic N) is 2. The molecule has 1 amide bonds. The number of aromatic nitrogens is 2. The predicted octanol–water partition coefficient (Wildman–Crippen LogP) is 4.59. The first-order chi connectivity index (χ1) is 12.2. The lowest BCUT2D eigenvalue weighted by atomic mass is 10.1. The zero-order chi connectivity index (χ0) is 18.9. The van der Waals surface area contributed by atoms with Crippen LogP contribution in [-0.4, -0.2) is 15.7 Å². The Morgan fingerprint density at radius 1 is 1.08 bits per heavy atom. The van der Waals surface area contributed by atoms with Crippen molar-refractivity contribution in [3.63, 3.8) is 0 Å². The third-order valence-corrected chi connectivity index (χ3v) is 3.70. The van der Waals surface area contributed by atoms with Crippen molar-refractivity contribution < 1.29 is 22.4 Å². The van der Waals surface area contributed by atoms with Crippen LogP contribution in [0.25, 0.3) is 5.69 Å². The monoisotopic (exact) mass is 363 g/mol. The first kappa shape index (κ1) is 17.7. The molecule has 0 bridgehead atoms. The number of benzene rings is 2. The van der Waals surface area contributed by atoms with Crippen LogP contribution in [0.4, 0.5) is 23.2 Å². The lowest BCUT2D eigenvalue weighted by Crippen LogP contribution is -2.14. The van der Waals surface area contributed by atoms with Crippen LogP contribution in [0, 0.1) is 12.7 Å². The second-order valence-electron chi connectivity index (χ2n) is 5.60. The minimum atomic E-state index is -4.44. The van der Waals surface area contributed by atoms with Crippen molar-refractivity contribution in [2.75, 3.05) is 5.32 Å². The number of carbonyl (C=O) groups is 1. The van der Waals surface area contributed by atoms with Gasteiger partial charge in [0.2, 0.25) is 0 Å². The second kappa shape index (κ2) is 6.62. The molecule has 0 saturated carbocycles. The van der Waals surface area contributed by atoms with Crippen molar-refractivity contribution in [3.05, 3.63) is 77.4 Å². The highest BCUT2D eigenvalue weighted by Crippen LogP contribution is 2.32. The Bertz CT molecular complexity index is 946. The second-order valence-corrected chi connectivity index (χ2v) is 5.60. The van der Waals surface area contributed by atoms with Gasteiger partial charge in [-0.3, -0.25) is 4.79 Å². The van der Waals surface area contributed by atoms with Crippen LogP contribution in [0.15, 0.2) is 54.7 Å².